The number of amides is 1. The van der Waals surface area contributed by atoms with Gasteiger partial charge in [-0.25, -0.2) is 4.98 Å². The maximum Gasteiger partial charge on any atom is 0.266 e. The molecule has 31 heavy (non-hydrogen) atoms. The molecule has 1 amide bonds. The minimum absolute atomic E-state index is 0.0177. The largest absolute Gasteiger partial charge is 0.340 e. The van der Waals surface area contributed by atoms with E-state index >= 15 is 0 Å². The lowest BCUT2D eigenvalue weighted by molar-refractivity contribution is -0.129. The molecule has 0 N–H and O–H groups in total. The molecule has 0 aliphatic carbocycles. The highest BCUT2D eigenvalue weighted by Crippen LogP contribution is 2.26. The van der Waals surface area contributed by atoms with E-state index in [4.69, 9.17) is 4.98 Å². The molecule has 6 heteroatoms. The fourth-order valence-corrected chi connectivity index (χ4v) is 4.49. The van der Waals surface area contributed by atoms with Gasteiger partial charge in [-0.2, -0.15) is 0 Å². The molecule has 156 valence electrons. The number of carbonyl (C=O) groups is 1. The number of carbonyl (C=O) groups excluding carboxylic acids is 1. The number of rotatable bonds is 6. The molecular weight excluding hydrogens is 406 g/mol. The molecule has 0 saturated carbocycles. The zero-order valence-electron chi connectivity index (χ0n) is 17.4. The second kappa shape index (κ2) is 9.18. The predicted molar refractivity (Wildman–Crippen MR) is 126 cm³/mol. The number of thioether (sulfide) groups is 1. The summed E-state index contributed by atoms with van der Waals surface area (Å²) in [5, 5.41) is 0.650. The Morgan fingerprint density at radius 1 is 0.968 bits per heavy atom. The van der Waals surface area contributed by atoms with Crippen LogP contribution in [-0.4, -0.2) is 32.7 Å². The highest BCUT2D eigenvalue weighted by Gasteiger charge is 2.22. The molecule has 0 aliphatic heterocycles. The number of para-hydroxylation sites is 2. The summed E-state index contributed by atoms with van der Waals surface area (Å²) in [6, 6.07) is 26.6. The standard InChI is InChI=1S/C25H23N3O2S/c1-18(23(29)27(2)17-19-11-5-3-6-12-19)31-25-26-22-16-10-9-15-21(22)24(30)28(25)20-13-7-4-8-14-20/h3-16,18H,17H2,1-2H3. The van der Waals surface area contributed by atoms with Gasteiger partial charge in [0.1, 0.15) is 0 Å². The second-order valence-electron chi connectivity index (χ2n) is 7.33. The van der Waals surface area contributed by atoms with Crippen LogP contribution in [-0.2, 0) is 11.3 Å². The van der Waals surface area contributed by atoms with Crippen LogP contribution in [0.25, 0.3) is 16.6 Å². The van der Waals surface area contributed by atoms with Gasteiger partial charge in [0.25, 0.3) is 5.56 Å². The molecule has 0 radical (unpaired) electrons. The van der Waals surface area contributed by atoms with E-state index in [1.165, 1.54) is 11.8 Å². The Labute approximate surface area is 185 Å². The van der Waals surface area contributed by atoms with Crippen molar-refractivity contribution in [3.63, 3.8) is 0 Å². The molecule has 4 aromatic rings. The van der Waals surface area contributed by atoms with Crippen LogP contribution in [0.4, 0.5) is 0 Å². The average Bonchev–Trinajstić information content (AvgIpc) is 2.80. The van der Waals surface area contributed by atoms with Gasteiger partial charge in [-0.3, -0.25) is 14.2 Å². The summed E-state index contributed by atoms with van der Waals surface area (Å²) in [5.74, 6) is -0.0177. The average molecular weight is 430 g/mol. The lowest BCUT2D eigenvalue weighted by Crippen LogP contribution is -2.33. The summed E-state index contributed by atoms with van der Waals surface area (Å²) in [7, 11) is 1.80. The first kappa shape index (κ1) is 20.9. The molecular formula is C25H23N3O2S. The lowest BCUT2D eigenvalue weighted by atomic mass is 10.2. The first-order valence-corrected chi connectivity index (χ1v) is 11.0. The van der Waals surface area contributed by atoms with Crippen LogP contribution in [0.3, 0.4) is 0 Å². The smallest absolute Gasteiger partial charge is 0.266 e. The maximum absolute atomic E-state index is 13.3. The van der Waals surface area contributed by atoms with Crippen LogP contribution in [0, 0.1) is 0 Å². The Morgan fingerprint density at radius 2 is 1.58 bits per heavy atom. The number of benzene rings is 3. The van der Waals surface area contributed by atoms with Gasteiger partial charge < -0.3 is 4.90 Å². The normalized spacial score (nSPS) is 11.9. The zero-order valence-corrected chi connectivity index (χ0v) is 18.3. The van der Waals surface area contributed by atoms with Crippen molar-refractivity contribution in [2.24, 2.45) is 0 Å². The van der Waals surface area contributed by atoms with Crippen molar-refractivity contribution in [3.05, 3.63) is 101 Å². The van der Waals surface area contributed by atoms with Gasteiger partial charge in [-0.1, -0.05) is 72.4 Å². The summed E-state index contributed by atoms with van der Waals surface area (Å²) < 4.78 is 1.59. The lowest BCUT2D eigenvalue weighted by Gasteiger charge is -2.22. The fourth-order valence-electron chi connectivity index (χ4n) is 3.45. The summed E-state index contributed by atoms with van der Waals surface area (Å²) >= 11 is 1.30. The minimum Gasteiger partial charge on any atom is -0.340 e. The molecule has 0 bridgehead atoms. The Hall–Kier alpha value is -3.38. The van der Waals surface area contributed by atoms with E-state index in [0.717, 1.165) is 11.3 Å². The summed E-state index contributed by atoms with van der Waals surface area (Å²) in [6.07, 6.45) is 0. The van der Waals surface area contributed by atoms with Crippen molar-refractivity contribution in [3.8, 4) is 5.69 Å². The van der Waals surface area contributed by atoms with Crippen LogP contribution in [0.15, 0.2) is 94.9 Å². The monoisotopic (exact) mass is 429 g/mol. The highest BCUT2D eigenvalue weighted by molar-refractivity contribution is 8.00. The highest BCUT2D eigenvalue weighted by atomic mass is 32.2. The van der Waals surface area contributed by atoms with Crippen LogP contribution < -0.4 is 5.56 Å². The summed E-state index contributed by atoms with van der Waals surface area (Å²) in [6.45, 7) is 2.38. The van der Waals surface area contributed by atoms with Crippen molar-refractivity contribution in [2.45, 2.75) is 23.9 Å². The number of hydrogen-bond donors (Lipinski definition) is 0. The van der Waals surface area contributed by atoms with Gasteiger partial charge >= 0.3 is 0 Å². The van der Waals surface area contributed by atoms with Gasteiger partial charge in [0.2, 0.25) is 5.91 Å². The Kier molecular flexibility index (Phi) is 6.18. The molecule has 5 nitrogen and oxygen atoms in total. The van der Waals surface area contributed by atoms with Crippen molar-refractivity contribution in [2.75, 3.05) is 7.05 Å². The van der Waals surface area contributed by atoms with E-state index in [9.17, 15) is 9.59 Å². The zero-order chi connectivity index (χ0) is 21.8. The Bertz CT molecular complexity index is 1260. The quantitative estimate of drug-likeness (QED) is 0.334. The van der Waals surface area contributed by atoms with Crippen LogP contribution in [0.2, 0.25) is 0 Å². The molecule has 4 rings (SSSR count). The number of aromatic nitrogens is 2. The van der Waals surface area contributed by atoms with E-state index in [1.54, 1.807) is 22.6 Å². The number of hydrogen-bond acceptors (Lipinski definition) is 4. The van der Waals surface area contributed by atoms with Crippen molar-refractivity contribution >= 4 is 28.6 Å². The molecule has 1 aromatic heterocycles. The number of fused-ring (bicyclic) bond motifs is 1. The van der Waals surface area contributed by atoms with Crippen molar-refractivity contribution < 1.29 is 4.79 Å². The topological polar surface area (TPSA) is 55.2 Å². The maximum atomic E-state index is 13.3. The fraction of sp³-hybridized carbons (Fsp3) is 0.160. The molecule has 1 heterocycles. The first-order chi connectivity index (χ1) is 15.0. The molecule has 3 aromatic carbocycles. The molecule has 1 unspecified atom stereocenters. The van der Waals surface area contributed by atoms with Crippen molar-refractivity contribution in [1.29, 1.82) is 0 Å². The summed E-state index contributed by atoms with van der Waals surface area (Å²) in [4.78, 5) is 32.8. The van der Waals surface area contributed by atoms with Gasteiger partial charge in [-0.15, -0.1) is 0 Å². The van der Waals surface area contributed by atoms with Gasteiger partial charge in [-0.05, 0) is 36.8 Å². The van der Waals surface area contributed by atoms with Crippen LogP contribution in [0.5, 0.6) is 0 Å². The van der Waals surface area contributed by atoms with Crippen LogP contribution in [0.1, 0.15) is 12.5 Å². The van der Waals surface area contributed by atoms with Gasteiger partial charge in [0.15, 0.2) is 5.16 Å². The SMILES string of the molecule is CC(Sc1nc2ccccc2c(=O)n1-c1ccccc1)C(=O)N(C)Cc1ccccc1. The van der Waals surface area contributed by atoms with Crippen molar-refractivity contribution in [1.82, 2.24) is 14.5 Å². The Balaban J connectivity index is 1.67. The minimum atomic E-state index is -0.406. The number of nitrogens with zero attached hydrogens (tertiary/aromatic N) is 3. The van der Waals surface area contributed by atoms with E-state index < -0.39 is 5.25 Å². The van der Waals surface area contributed by atoms with E-state index in [2.05, 4.69) is 0 Å². The van der Waals surface area contributed by atoms with E-state index in [0.29, 0.717) is 22.6 Å². The molecule has 1 atom stereocenters. The molecule has 0 spiro atoms. The van der Waals surface area contributed by atoms with E-state index in [-0.39, 0.29) is 11.5 Å². The Morgan fingerprint density at radius 3 is 2.29 bits per heavy atom. The van der Waals surface area contributed by atoms with Gasteiger partial charge in [0.05, 0.1) is 21.8 Å². The van der Waals surface area contributed by atoms with E-state index in [1.807, 2.05) is 85.8 Å². The third kappa shape index (κ3) is 4.54. The summed E-state index contributed by atoms with van der Waals surface area (Å²) in [5.41, 5.74) is 2.28. The molecule has 0 aliphatic rings. The molecule has 0 fully saturated rings. The van der Waals surface area contributed by atoms with Gasteiger partial charge in [0, 0.05) is 13.6 Å². The predicted octanol–water partition coefficient (Wildman–Crippen LogP) is 4.52. The molecule has 0 saturated heterocycles. The van der Waals surface area contributed by atoms with Crippen LogP contribution >= 0.6 is 11.8 Å². The first-order valence-electron chi connectivity index (χ1n) is 10.1. The third-order valence-electron chi connectivity index (χ3n) is 5.03. The third-order valence-corrected chi connectivity index (χ3v) is 6.07. The second-order valence-corrected chi connectivity index (χ2v) is 8.64.